The van der Waals surface area contributed by atoms with E-state index in [9.17, 15) is 9.59 Å². The molecule has 2 unspecified atom stereocenters. The van der Waals surface area contributed by atoms with Gasteiger partial charge in [0.2, 0.25) is 5.91 Å². The van der Waals surface area contributed by atoms with Gasteiger partial charge in [0, 0.05) is 6.54 Å². The molecule has 2 atom stereocenters. The van der Waals surface area contributed by atoms with Gasteiger partial charge in [0.15, 0.2) is 0 Å². The smallest absolute Gasteiger partial charge is 0.404 e. The third-order valence-electron chi connectivity index (χ3n) is 5.43. The first-order chi connectivity index (χ1) is 12.4. The maximum absolute atomic E-state index is 12.6. The maximum Gasteiger partial charge on any atom is 0.404 e. The Balaban J connectivity index is 1.92. The number of hydrogen-bond donors (Lipinski definition) is 3. The van der Waals surface area contributed by atoms with Gasteiger partial charge in [-0.15, -0.1) is 0 Å². The van der Waals surface area contributed by atoms with Crippen LogP contribution in [0.1, 0.15) is 36.5 Å². The zero-order valence-electron chi connectivity index (χ0n) is 15.1. The summed E-state index contributed by atoms with van der Waals surface area (Å²) in [5.41, 5.74) is 10.4. The fraction of sp³-hybridized carbons (Fsp3) is 0.333. The summed E-state index contributed by atoms with van der Waals surface area (Å²) in [4.78, 5) is 23.2. The first kappa shape index (κ1) is 18.0. The van der Waals surface area contributed by atoms with Gasteiger partial charge in [-0.3, -0.25) is 4.79 Å². The number of nitrogens with one attached hydrogen (secondary N) is 1. The number of carboxylic acid groups (broad SMARTS) is 1. The lowest BCUT2D eigenvalue weighted by molar-refractivity contribution is -0.123. The molecule has 0 spiro atoms. The number of carbonyl (C=O) groups excluding carboxylic acids is 1. The van der Waals surface area contributed by atoms with Crippen molar-refractivity contribution in [3.05, 3.63) is 59.2 Å². The Labute approximate surface area is 153 Å². The molecule has 0 heterocycles. The molecule has 0 aromatic heterocycles. The largest absolute Gasteiger partial charge is 0.465 e. The molecule has 2 aliphatic rings. The highest BCUT2D eigenvalue weighted by atomic mass is 16.4. The summed E-state index contributed by atoms with van der Waals surface area (Å²) < 4.78 is 0. The molecular formula is C21H24N2O3. The SMILES string of the molecule is Cc1c2ccc(-c3ccccc3)c1C2(CC(C)CCNC(=O)O)C(N)=O. The predicted octanol–water partition coefficient (Wildman–Crippen LogP) is 3.43. The minimum absolute atomic E-state index is 0.149. The van der Waals surface area contributed by atoms with Gasteiger partial charge in [-0.2, -0.15) is 0 Å². The molecular weight excluding hydrogens is 328 g/mol. The molecule has 2 aromatic rings. The van der Waals surface area contributed by atoms with Crippen LogP contribution in [-0.2, 0) is 10.2 Å². The fourth-order valence-electron chi connectivity index (χ4n) is 4.27. The van der Waals surface area contributed by atoms with E-state index in [1.54, 1.807) is 0 Å². The van der Waals surface area contributed by atoms with Crippen LogP contribution >= 0.6 is 0 Å². The lowest BCUT2D eigenvalue weighted by Gasteiger charge is -2.46. The first-order valence-electron chi connectivity index (χ1n) is 8.84. The number of primary amides is 1. The monoisotopic (exact) mass is 352 g/mol. The number of rotatable bonds is 7. The molecule has 0 saturated heterocycles. The first-order valence-corrected chi connectivity index (χ1v) is 8.84. The van der Waals surface area contributed by atoms with Gasteiger partial charge in [0.1, 0.15) is 5.41 Å². The quantitative estimate of drug-likeness (QED) is 0.713. The highest BCUT2D eigenvalue weighted by Gasteiger charge is 2.51. The molecule has 0 fully saturated rings. The second kappa shape index (κ2) is 6.83. The van der Waals surface area contributed by atoms with E-state index >= 15 is 0 Å². The normalized spacial score (nSPS) is 18.7. The van der Waals surface area contributed by atoms with E-state index in [0.29, 0.717) is 19.4 Å². The van der Waals surface area contributed by atoms with E-state index in [1.807, 2.05) is 50.2 Å². The van der Waals surface area contributed by atoms with Gasteiger partial charge < -0.3 is 16.2 Å². The summed E-state index contributed by atoms with van der Waals surface area (Å²) in [5.74, 6) is -0.181. The summed E-state index contributed by atoms with van der Waals surface area (Å²) in [6, 6.07) is 14.1. The summed E-state index contributed by atoms with van der Waals surface area (Å²) in [5, 5.41) is 11.1. The van der Waals surface area contributed by atoms with E-state index in [2.05, 4.69) is 11.4 Å². The number of amides is 2. The average molecular weight is 352 g/mol. The Bertz CT molecular complexity index is 848. The van der Waals surface area contributed by atoms with Crippen LogP contribution in [0.2, 0.25) is 0 Å². The van der Waals surface area contributed by atoms with Gasteiger partial charge in [-0.25, -0.2) is 4.79 Å². The predicted molar refractivity (Wildman–Crippen MR) is 101 cm³/mol. The lowest BCUT2D eigenvalue weighted by Crippen LogP contribution is -2.50. The van der Waals surface area contributed by atoms with Crippen LogP contribution in [0, 0.1) is 12.8 Å². The van der Waals surface area contributed by atoms with Gasteiger partial charge in [0.05, 0.1) is 0 Å². The van der Waals surface area contributed by atoms with Crippen LogP contribution in [0.4, 0.5) is 4.79 Å². The Morgan fingerprint density at radius 1 is 1.19 bits per heavy atom. The second-order valence-corrected chi connectivity index (χ2v) is 7.13. The summed E-state index contributed by atoms with van der Waals surface area (Å²) in [6.45, 7) is 4.43. The molecule has 5 nitrogen and oxygen atoms in total. The third-order valence-corrected chi connectivity index (χ3v) is 5.43. The Kier molecular flexibility index (Phi) is 4.72. The number of benzene rings is 2. The van der Waals surface area contributed by atoms with Gasteiger partial charge in [-0.1, -0.05) is 49.4 Å². The van der Waals surface area contributed by atoms with E-state index in [0.717, 1.165) is 27.8 Å². The van der Waals surface area contributed by atoms with Gasteiger partial charge >= 0.3 is 6.09 Å². The number of hydrogen-bond acceptors (Lipinski definition) is 2. The minimum Gasteiger partial charge on any atom is -0.465 e. The maximum atomic E-state index is 12.6. The van der Waals surface area contributed by atoms with Crippen molar-refractivity contribution >= 4 is 12.0 Å². The van der Waals surface area contributed by atoms with Crippen molar-refractivity contribution < 1.29 is 14.7 Å². The van der Waals surface area contributed by atoms with Crippen LogP contribution < -0.4 is 11.1 Å². The number of fused-ring (bicyclic) bond motifs is 2. The van der Waals surface area contributed by atoms with Crippen molar-refractivity contribution in [3.63, 3.8) is 0 Å². The molecule has 2 aromatic carbocycles. The minimum atomic E-state index is -1.03. The summed E-state index contributed by atoms with van der Waals surface area (Å²) in [7, 11) is 0. The Morgan fingerprint density at radius 2 is 1.88 bits per heavy atom. The molecule has 0 saturated carbocycles. The molecule has 0 aliphatic heterocycles. The number of nitrogens with two attached hydrogens (primary N) is 1. The van der Waals surface area contributed by atoms with Crippen molar-refractivity contribution in [2.45, 2.75) is 32.1 Å². The molecule has 136 valence electrons. The van der Waals surface area contributed by atoms with Crippen LogP contribution in [-0.4, -0.2) is 23.7 Å². The molecule has 5 heteroatoms. The van der Waals surface area contributed by atoms with Crippen molar-refractivity contribution in [1.82, 2.24) is 5.32 Å². The fourth-order valence-corrected chi connectivity index (χ4v) is 4.27. The Hall–Kier alpha value is -2.82. The zero-order chi connectivity index (χ0) is 18.9. The van der Waals surface area contributed by atoms with Crippen LogP contribution in [0.3, 0.4) is 0 Å². The molecule has 4 rings (SSSR count). The molecule has 4 N–H and O–H groups in total. The topological polar surface area (TPSA) is 92.4 Å². The van der Waals surface area contributed by atoms with Crippen molar-refractivity contribution in [1.29, 1.82) is 0 Å². The van der Waals surface area contributed by atoms with Crippen molar-refractivity contribution in [3.8, 4) is 11.1 Å². The molecule has 0 radical (unpaired) electrons. The van der Waals surface area contributed by atoms with Crippen molar-refractivity contribution in [2.24, 2.45) is 11.7 Å². The van der Waals surface area contributed by atoms with Crippen LogP contribution in [0.5, 0.6) is 0 Å². The lowest BCUT2D eigenvalue weighted by atomic mass is 9.56. The molecule has 2 bridgehead atoms. The average Bonchev–Trinajstić information content (AvgIpc) is 2.61. The Morgan fingerprint density at radius 3 is 2.46 bits per heavy atom. The van der Waals surface area contributed by atoms with Gasteiger partial charge in [-0.05, 0) is 53.5 Å². The zero-order valence-corrected chi connectivity index (χ0v) is 15.1. The second-order valence-electron chi connectivity index (χ2n) is 7.13. The van der Waals surface area contributed by atoms with E-state index in [-0.39, 0.29) is 11.8 Å². The van der Waals surface area contributed by atoms with E-state index in [4.69, 9.17) is 10.8 Å². The van der Waals surface area contributed by atoms with Crippen molar-refractivity contribution in [2.75, 3.05) is 6.54 Å². The summed E-state index contributed by atoms with van der Waals surface area (Å²) >= 11 is 0. The highest BCUT2D eigenvalue weighted by molar-refractivity contribution is 5.99. The molecule has 26 heavy (non-hydrogen) atoms. The molecule has 2 aliphatic carbocycles. The summed E-state index contributed by atoms with van der Waals surface area (Å²) in [6.07, 6.45) is 0.218. The van der Waals surface area contributed by atoms with E-state index < -0.39 is 11.5 Å². The number of carbonyl (C=O) groups is 2. The standard InChI is InChI=1S/C21H24N2O3/c1-13(10-11-23-20(25)26)12-21(19(22)24)17-9-8-16(18(21)14(17)2)15-6-4-3-5-7-15/h3-9,13,23H,10-12H2,1-2H3,(H2,22,24)(H,25,26). The van der Waals surface area contributed by atoms with Crippen LogP contribution in [0.25, 0.3) is 11.1 Å². The highest BCUT2D eigenvalue weighted by Crippen LogP contribution is 2.54. The van der Waals surface area contributed by atoms with Gasteiger partial charge in [0.25, 0.3) is 0 Å². The third kappa shape index (κ3) is 2.83. The van der Waals surface area contributed by atoms with Crippen LogP contribution in [0.15, 0.2) is 42.5 Å². The van der Waals surface area contributed by atoms with E-state index in [1.165, 1.54) is 0 Å². The number of aryl methyl sites for hydroxylation is 1. The molecule has 2 amide bonds.